The van der Waals surface area contributed by atoms with Crippen molar-refractivity contribution >= 4 is 5.78 Å². The van der Waals surface area contributed by atoms with Crippen LogP contribution in [0.25, 0.3) is 0 Å². The number of hydrogen-bond donors (Lipinski definition) is 0. The van der Waals surface area contributed by atoms with Crippen molar-refractivity contribution < 1.29 is 4.79 Å². The smallest absolute Gasteiger partial charge is 0.153 e. The van der Waals surface area contributed by atoms with Crippen molar-refractivity contribution in [3.8, 4) is 0 Å². The molecule has 1 atom stereocenters. The molecule has 0 heterocycles. The number of hydrogen-bond acceptors (Lipinski definition) is 2. The van der Waals surface area contributed by atoms with Crippen LogP contribution in [0.1, 0.15) is 48.5 Å². The molecule has 15 heavy (non-hydrogen) atoms. The third-order valence-electron chi connectivity index (χ3n) is 2.84. The van der Waals surface area contributed by atoms with Gasteiger partial charge < -0.3 is 0 Å². The van der Waals surface area contributed by atoms with Gasteiger partial charge in [0.2, 0.25) is 0 Å². The Kier molecular flexibility index (Phi) is 5.50. The van der Waals surface area contributed by atoms with E-state index in [4.69, 9.17) is 0 Å². The standard InChI is InChI=1S/C13H27NO/c1-8-14(9-2)12(13(5,6)7)11(15)10(3)4/h10,12H,8-9H2,1-7H3/t12-/m0/s1. The minimum absolute atomic E-state index is 0.0212. The lowest BCUT2D eigenvalue weighted by Gasteiger charge is -2.39. The third-order valence-corrected chi connectivity index (χ3v) is 2.84. The molecule has 0 N–H and O–H groups in total. The molecular weight excluding hydrogens is 186 g/mol. The number of carbonyl (C=O) groups is 1. The summed E-state index contributed by atoms with van der Waals surface area (Å²) in [6, 6.07) is 0.0486. The van der Waals surface area contributed by atoms with Crippen LogP contribution in [0.15, 0.2) is 0 Å². The fourth-order valence-corrected chi connectivity index (χ4v) is 2.06. The van der Waals surface area contributed by atoms with E-state index in [0.29, 0.717) is 5.78 Å². The summed E-state index contributed by atoms with van der Waals surface area (Å²) in [6.07, 6.45) is 0. The molecule has 2 nitrogen and oxygen atoms in total. The molecule has 0 saturated heterocycles. The Morgan fingerprint density at radius 3 is 1.73 bits per heavy atom. The van der Waals surface area contributed by atoms with E-state index >= 15 is 0 Å². The molecule has 0 aliphatic carbocycles. The number of carbonyl (C=O) groups excluding carboxylic acids is 1. The lowest BCUT2D eigenvalue weighted by Crippen LogP contribution is -2.50. The molecule has 90 valence electrons. The number of likely N-dealkylation sites (N-methyl/N-ethyl adjacent to an activating group) is 1. The van der Waals surface area contributed by atoms with Crippen molar-refractivity contribution in [1.82, 2.24) is 4.90 Å². The van der Waals surface area contributed by atoms with Crippen molar-refractivity contribution in [2.45, 2.75) is 54.5 Å². The van der Waals surface area contributed by atoms with E-state index in [2.05, 4.69) is 39.5 Å². The van der Waals surface area contributed by atoms with Crippen LogP contribution < -0.4 is 0 Å². The monoisotopic (exact) mass is 213 g/mol. The summed E-state index contributed by atoms with van der Waals surface area (Å²) >= 11 is 0. The maximum Gasteiger partial charge on any atom is 0.153 e. The van der Waals surface area contributed by atoms with Crippen LogP contribution >= 0.6 is 0 Å². The number of Topliss-reactive ketones (excluding diaryl/α,β-unsaturated/α-hetero) is 1. The molecule has 0 rings (SSSR count). The zero-order chi connectivity index (χ0) is 12.2. The largest absolute Gasteiger partial charge is 0.298 e. The molecular formula is C13H27NO. The van der Waals surface area contributed by atoms with E-state index in [9.17, 15) is 4.79 Å². The Labute approximate surface area is 95.0 Å². The highest BCUT2D eigenvalue weighted by molar-refractivity contribution is 5.86. The Hall–Kier alpha value is -0.370. The van der Waals surface area contributed by atoms with Gasteiger partial charge in [0.15, 0.2) is 5.78 Å². The minimum atomic E-state index is 0.0212. The van der Waals surface area contributed by atoms with E-state index in [0.717, 1.165) is 13.1 Å². The first kappa shape index (κ1) is 14.6. The van der Waals surface area contributed by atoms with E-state index in [1.807, 2.05) is 13.8 Å². The van der Waals surface area contributed by atoms with Gasteiger partial charge in [0.1, 0.15) is 0 Å². The van der Waals surface area contributed by atoms with Gasteiger partial charge in [-0.05, 0) is 18.5 Å². The molecule has 0 aliphatic rings. The lowest BCUT2D eigenvalue weighted by molar-refractivity contribution is -0.131. The third kappa shape index (κ3) is 3.94. The Morgan fingerprint density at radius 1 is 1.13 bits per heavy atom. The van der Waals surface area contributed by atoms with Crippen molar-refractivity contribution in [3.63, 3.8) is 0 Å². The average Bonchev–Trinajstić information content (AvgIpc) is 2.10. The molecule has 0 amide bonds. The topological polar surface area (TPSA) is 20.3 Å². The molecule has 0 unspecified atom stereocenters. The molecule has 0 aliphatic heterocycles. The second-order valence-electron chi connectivity index (χ2n) is 5.55. The lowest BCUT2D eigenvalue weighted by atomic mass is 9.80. The molecule has 2 heteroatoms. The van der Waals surface area contributed by atoms with Crippen LogP contribution in [-0.4, -0.2) is 29.8 Å². The number of nitrogens with zero attached hydrogens (tertiary/aromatic N) is 1. The molecule has 0 radical (unpaired) electrons. The van der Waals surface area contributed by atoms with E-state index in [-0.39, 0.29) is 17.4 Å². The summed E-state index contributed by atoms with van der Waals surface area (Å²) in [7, 11) is 0. The summed E-state index contributed by atoms with van der Waals surface area (Å²) < 4.78 is 0. The maximum atomic E-state index is 12.2. The zero-order valence-corrected chi connectivity index (χ0v) is 11.4. The fraction of sp³-hybridized carbons (Fsp3) is 0.923. The normalized spacial score (nSPS) is 14.7. The average molecular weight is 213 g/mol. The van der Waals surface area contributed by atoms with Gasteiger partial charge in [-0.25, -0.2) is 0 Å². The van der Waals surface area contributed by atoms with Gasteiger partial charge in [-0.15, -0.1) is 0 Å². The highest BCUT2D eigenvalue weighted by Gasteiger charge is 2.35. The quantitative estimate of drug-likeness (QED) is 0.700. The number of rotatable bonds is 5. The molecule has 0 fully saturated rings. The first-order valence-electron chi connectivity index (χ1n) is 6.03. The van der Waals surface area contributed by atoms with Gasteiger partial charge in [0.25, 0.3) is 0 Å². The first-order chi connectivity index (χ1) is 6.75. The Morgan fingerprint density at radius 2 is 1.53 bits per heavy atom. The van der Waals surface area contributed by atoms with Crippen LogP contribution in [0.4, 0.5) is 0 Å². The molecule has 0 saturated carbocycles. The highest BCUT2D eigenvalue weighted by atomic mass is 16.1. The van der Waals surface area contributed by atoms with Gasteiger partial charge in [0, 0.05) is 5.92 Å². The van der Waals surface area contributed by atoms with Crippen molar-refractivity contribution in [1.29, 1.82) is 0 Å². The summed E-state index contributed by atoms with van der Waals surface area (Å²) in [5.41, 5.74) is 0.0212. The van der Waals surface area contributed by atoms with Crippen molar-refractivity contribution in [2.75, 3.05) is 13.1 Å². The maximum absolute atomic E-state index is 12.2. The van der Waals surface area contributed by atoms with Crippen LogP contribution in [0.5, 0.6) is 0 Å². The summed E-state index contributed by atoms with van der Waals surface area (Å²) in [4.78, 5) is 14.5. The second-order valence-corrected chi connectivity index (χ2v) is 5.55. The molecule has 0 aromatic heterocycles. The van der Waals surface area contributed by atoms with Gasteiger partial charge in [-0.2, -0.15) is 0 Å². The predicted molar refractivity (Wildman–Crippen MR) is 66.0 cm³/mol. The Balaban J connectivity index is 4.97. The van der Waals surface area contributed by atoms with Crippen LogP contribution in [0.3, 0.4) is 0 Å². The zero-order valence-electron chi connectivity index (χ0n) is 11.4. The number of ketones is 1. The minimum Gasteiger partial charge on any atom is -0.298 e. The SMILES string of the molecule is CCN(CC)[C@@H](C(=O)C(C)C)C(C)(C)C. The van der Waals surface area contributed by atoms with Crippen LogP contribution in [0.2, 0.25) is 0 Å². The van der Waals surface area contributed by atoms with Gasteiger partial charge >= 0.3 is 0 Å². The summed E-state index contributed by atoms with van der Waals surface area (Å²) in [5, 5.41) is 0. The van der Waals surface area contributed by atoms with Crippen LogP contribution in [0, 0.1) is 11.3 Å². The van der Waals surface area contributed by atoms with E-state index < -0.39 is 0 Å². The summed E-state index contributed by atoms with van der Waals surface area (Å²) in [5.74, 6) is 0.487. The van der Waals surface area contributed by atoms with Gasteiger partial charge in [-0.1, -0.05) is 48.5 Å². The predicted octanol–water partition coefficient (Wildman–Crippen LogP) is 2.97. The summed E-state index contributed by atoms with van der Waals surface area (Å²) in [6.45, 7) is 16.6. The fourth-order valence-electron chi connectivity index (χ4n) is 2.06. The van der Waals surface area contributed by atoms with Crippen molar-refractivity contribution in [3.05, 3.63) is 0 Å². The second kappa shape index (κ2) is 5.64. The molecule has 0 spiro atoms. The molecule has 0 aromatic rings. The van der Waals surface area contributed by atoms with E-state index in [1.54, 1.807) is 0 Å². The van der Waals surface area contributed by atoms with Gasteiger partial charge in [-0.3, -0.25) is 9.69 Å². The Bertz CT molecular complexity index is 199. The van der Waals surface area contributed by atoms with Crippen molar-refractivity contribution in [2.24, 2.45) is 11.3 Å². The van der Waals surface area contributed by atoms with E-state index in [1.165, 1.54) is 0 Å². The van der Waals surface area contributed by atoms with Crippen LogP contribution in [-0.2, 0) is 4.79 Å². The molecule has 0 bridgehead atoms. The molecule has 0 aromatic carbocycles. The highest BCUT2D eigenvalue weighted by Crippen LogP contribution is 2.27. The first-order valence-corrected chi connectivity index (χ1v) is 6.03. The van der Waals surface area contributed by atoms with Gasteiger partial charge in [0.05, 0.1) is 6.04 Å².